The zero-order chi connectivity index (χ0) is 16.8. The highest BCUT2D eigenvalue weighted by Crippen LogP contribution is 2.38. The molecule has 1 unspecified atom stereocenters. The number of halogens is 2. The SMILES string of the molecule is CN=C(NCCc1cc(Cl)c2c(c1)OCCO2)NC(C)C(C)C.I. The van der Waals surface area contributed by atoms with Gasteiger partial charge in [0.2, 0.25) is 0 Å². The summed E-state index contributed by atoms with van der Waals surface area (Å²) in [5.41, 5.74) is 1.11. The van der Waals surface area contributed by atoms with Crippen LogP contribution in [-0.2, 0) is 6.42 Å². The van der Waals surface area contributed by atoms with E-state index < -0.39 is 0 Å². The summed E-state index contributed by atoms with van der Waals surface area (Å²) in [4.78, 5) is 4.25. The lowest BCUT2D eigenvalue weighted by molar-refractivity contribution is 0.171. The first-order chi connectivity index (χ1) is 11.0. The molecule has 0 saturated carbocycles. The molecule has 136 valence electrons. The predicted octanol–water partition coefficient (Wildman–Crippen LogP) is 3.48. The van der Waals surface area contributed by atoms with Gasteiger partial charge in [0, 0.05) is 19.6 Å². The van der Waals surface area contributed by atoms with Crippen LogP contribution >= 0.6 is 35.6 Å². The van der Waals surface area contributed by atoms with Crippen molar-refractivity contribution in [3.05, 3.63) is 22.7 Å². The zero-order valence-corrected chi connectivity index (χ0v) is 17.8. The molecule has 1 aromatic carbocycles. The van der Waals surface area contributed by atoms with E-state index in [9.17, 15) is 0 Å². The Kier molecular flexibility index (Phi) is 8.97. The van der Waals surface area contributed by atoms with Crippen LogP contribution in [0.2, 0.25) is 5.02 Å². The van der Waals surface area contributed by atoms with Crippen molar-refractivity contribution in [3.63, 3.8) is 0 Å². The zero-order valence-electron chi connectivity index (χ0n) is 14.7. The molecular formula is C17H27ClIN3O2. The van der Waals surface area contributed by atoms with Crippen LogP contribution in [0.25, 0.3) is 0 Å². The van der Waals surface area contributed by atoms with Crippen molar-refractivity contribution in [2.45, 2.75) is 33.2 Å². The van der Waals surface area contributed by atoms with Crippen LogP contribution < -0.4 is 20.1 Å². The molecule has 5 nitrogen and oxygen atoms in total. The quantitative estimate of drug-likeness (QED) is 0.395. The Morgan fingerprint density at radius 3 is 2.62 bits per heavy atom. The van der Waals surface area contributed by atoms with Crippen LogP contribution in [0.4, 0.5) is 0 Å². The summed E-state index contributed by atoms with van der Waals surface area (Å²) in [5, 5.41) is 7.31. The molecule has 0 fully saturated rings. The van der Waals surface area contributed by atoms with Gasteiger partial charge in [0.15, 0.2) is 17.5 Å². The number of nitrogens with zero attached hydrogens (tertiary/aromatic N) is 1. The molecule has 1 heterocycles. The Bertz CT molecular complexity index is 567. The van der Waals surface area contributed by atoms with E-state index in [1.165, 1.54) is 0 Å². The fourth-order valence-corrected chi connectivity index (χ4v) is 2.50. The van der Waals surface area contributed by atoms with Gasteiger partial charge in [-0.05, 0) is 37.0 Å². The van der Waals surface area contributed by atoms with Gasteiger partial charge in [-0.1, -0.05) is 25.4 Å². The largest absolute Gasteiger partial charge is 0.486 e. The predicted molar refractivity (Wildman–Crippen MR) is 110 cm³/mol. The lowest BCUT2D eigenvalue weighted by Gasteiger charge is -2.21. The maximum atomic E-state index is 6.26. The third-order valence-corrected chi connectivity index (χ3v) is 4.23. The van der Waals surface area contributed by atoms with E-state index in [4.69, 9.17) is 21.1 Å². The van der Waals surface area contributed by atoms with Crippen molar-refractivity contribution in [2.24, 2.45) is 10.9 Å². The molecule has 24 heavy (non-hydrogen) atoms. The van der Waals surface area contributed by atoms with E-state index in [0.717, 1.165) is 30.2 Å². The van der Waals surface area contributed by atoms with Gasteiger partial charge in [0.05, 0.1) is 5.02 Å². The molecule has 1 aliphatic rings. The highest BCUT2D eigenvalue weighted by Gasteiger charge is 2.16. The Morgan fingerprint density at radius 1 is 1.25 bits per heavy atom. The van der Waals surface area contributed by atoms with Gasteiger partial charge >= 0.3 is 0 Å². The van der Waals surface area contributed by atoms with Crippen molar-refractivity contribution in [1.29, 1.82) is 0 Å². The number of ether oxygens (including phenoxy) is 2. The average Bonchev–Trinajstić information content (AvgIpc) is 2.53. The molecule has 0 aliphatic carbocycles. The molecule has 0 spiro atoms. The van der Waals surface area contributed by atoms with Gasteiger partial charge < -0.3 is 20.1 Å². The number of benzene rings is 1. The van der Waals surface area contributed by atoms with Crippen LogP contribution in [-0.4, -0.2) is 38.8 Å². The number of hydrogen-bond acceptors (Lipinski definition) is 3. The average molecular weight is 468 g/mol. The molecule has 1 atom stereocenters. The highest BCUT2D eigenvalue weighted by atomic mass is 127. The van der Waals surface area contributed by atoms with Crippen molar-refractivity contribution in [2.75, 3.05) is 26.8 Å². The van der Waals surface area contributed by atoms with Gasteiger partial charge in [0.1, 0.15) is 13.2 Å². The van der Waals surface area contributed by atoms with E-state index in [1.54, 1.807) is 7.05 Å². The van der Waals surface area contributed by atoms with Crippen molar-refractivity contribution >= 4 is 41.5 Å². The number of aliphatic imine (C=N–C) groups is 1. The molecular weight excluding hydrogens is 441 g/mol. The van der Waals surface area contributed by atoms with E-state index in [1.807, 2.05) is 12.1 Å². The molecule has 1 aromatic rings. The Hall–Kier alpha value is -0.890. The minimum atomic E-state index is 0. The first kappa shape index (κ1) is 21.2. The normalized spacial score (nSPS) is 14.8. The number of hydrogen-bond donors (Lipinski definition) is 2. The molecule has 7 heteroatoms. The van der Waals surface area contributed by atoms with Gasteiger partial charge in [-0.25, -0.2) is 0 Å². The molecule has 1 aliphatic heterocycles. The van der Waals surface area contributed by atoms with Crippen molar-refractivity contribution in [3.8, 4) is 11.5 Å². The molecule has 2 rings (SSSR count). The summed E-state index contributed by atoms with van der Waals surface area (Å²) in [6.45, 7) is 8.39. The summed E-state index contributed by atoms with van der Waals surface area (Å²) in [6.07, 6.45) is 0.827. The van der Waals surface area contributed by atoms with Crippen LogP contribution in [0.3, 0.4) is 0 Å². The van der Waals surface area contributed by atoms with Crippen LogP contribution in [0.15, 0.2) is 17.1 Å². The van der Waals surface area contributed by atoms with Gasteiger partial charge in [-0.3, -0.25) is 4.99 Å². The Labute approximate surface area is 166 Å². The third kappa shape index (κ3) is 5.88. The fourth-order valence-electron chi connectivity index (χ4n) is 2.21. The van der Waals surface area contributed by atoms with E-state index in [0.29, 0.717) is 35.9 Å². The maximum Gasteiger partial charge on any atom is 0.191 e. The van der Waals surface area contributed by atoms with Gasteiger partial charge in [-0.2, -0.15) is 0 Å². The number of guanidine groups is 1. The molecule has 0 amide bonds. The van der Waals surface area contributed by atoms with Crippen LogP contribution in [0.5, 0.6) is 11.5 Å². The van der Waals surface area contributed by atoms with E-state index in [2.05, 4.69) is 36.4 Å². The van der Waals surface area contributed by atoms with Crippen LogP contribution in [0, 0.1) is 5.92 Å². The fraction of sp³-hybridized carbons (Fsp3) is 0.588. The monoisotopic (exact) mass is 467 g/mol. The number of nitrogens with one attached hydrogen (secondary N) is 2. The first-order valence-corrected chi connectivity index (χ1v) is 8.44. The van der Waals surface area contributed by atoms with E-state index in [-0.39, 0.29) is 24.0 Å². The van der Waals surface area contributed by atoms with E-state index >= 15 is 0 Å². The summed E-state index contributed by atoms with van der Waals surface area (Å²) in [6, 6.07) is 4.29. The summed E-state index contributed by atoms with van der Waals surface area (Å²) in [5.74, 6) is 2.74. The molecule has 2 N–H and O–H groups in total. The minimum Gasteiger partial charge on any atom is -0.486 e. The maximum absolute atomic E-state index is 6.26. The summed E-state index contributed by atoms with van der Waals surface area (Å²) >= 11 is 6.26. The number of rotatable bonds is 5. The molecule has 0 bridgehead atoms. The first-order valence-electron chi connectivity index (χ1n) is 8.06. The summed E-state index contributed by atoms with van der Waals surface area (Å²) in [7, 11) is 1.78. The van der Waals surface area contributed by atoms with Crippen molar-refractivity contribution < 1.29 is 9.47 Å². The lowest BCUT2D eigenvalue weighted by atomic mass is 10.1. The molecule has 0 radical (unpaired) electrons. The lowest BCUT2D eigenvalue weighted by Crippen LogP contribution is -2.44. The molecule has 0 aromatic heterocycles. The van der Waals surface area contributed by atoms with Gasteiger partial charge in [-0.15, -0.1) is 24.0 Å². The third-order valence-electron chi connectivity index (χ3n) is 3.95. The second-order valence-electron chi connectivity index (χ2n) is 6.03. The summed E-state index contributed by atoms with van der Waals surface area (Å²) < 4.78 is 11.1. The molecule has 0 saturated heterocycles. The second-order valence-corrected chi connectivity index (χ2v) is 6.44. The highest BCUT2D eigenvalue weighted by molar-refractivity contribution is 14.0. The Balaban J connectivity index is 0.00000288. The number of fused-ring (bicyclic) bond motifs is 1. The minimum absolute atomic E-state index is 0. The Morgan fingerprint density at radius 2 is 1.96 bits per heavy atom. The standard InChI is InChI=1S/C17H26ClN3O2.HI/c1-11(2)12(3)21-17(19-4)20-6-5-13-9-14(18)16-15(10-13)22-7-8-23-16;/h9-12H,5-8H2,1-4H3,(H2,19,20,21);1H. The van der Waals surface area contributed by atoms with Crippen LogP contribution in [0.1, 0.15) is 26.3 Å². The van der Waals surface area contributed by atoms with Gasteiger partial charge in [0.25, 0.3) is 0 Å². The van der Waals surface area contributed by atoms with Crippen molar-refractivity contribution in [1.82, 2.24) is 10.6 Å². The topological polar surface area (TPSA) is 54.9 Å². The smallest absolute Gasteiger partial charge is 0.191 e. The second kappa shape index (κ2) is 10.2.